The number of carbonyl (C=O) groups is 1. The van der Waals surface area contributed by atoms with E-state index in [0.29, 0.717) is 30.8 Å². The smallest absolute Gasteiger partial charge is 0.257 e. The van der Waals surface area contributed by atoms with Crippen molar-refractivity contribution in [1.29, 1.82) is 0 Å². The van der Waals surface area contributed by atoms with Crippen molar-refractivity contribution in [3.05, 3.63) is 63.2 Å². The van der Waals surface area contributed by atoms with Crippen molar-refractivity contribution in [3.63, 3.8) is 0 Å². The van der Waals surface area contributed by atoms with Crippen molar-refractivity contribution >= 4 is 28.5 Å². The third-order valence-electron chi connectivity index (χ3n) is 4.07. The molecule has 1 unspecified atom stereocenters. The largest absolute Gasteiger partial charge is 0.487 e. The van der Waals surface area contributed by atoms with Crippen LogP contribution in [0.2, 0.25) is 0 Å². The van der Waals surface area contributed by atoms with E-state index in [-0.39, 0.29) is 18.6 Å². The van der Waals surface area contributed by atoms with Gasteiger partial charge in [-0.1, -0.05) is 30.3 Å². The highest BCUT2D eigenvalue weighted by Crippen LogP contribution is 2.28. The van der Waals surface area contributed by atoms with Crippen LogP contribution < -0.4 is 4.74 Å². The normalized spacial score (nSPS) is 17.2. The Balaban J connectivity index is 1.88. The van der Waals surface area contributed by atoms with E-state index in [9.17, 15) is 4.79 Å². The molecular weight excluding hydrogens is 417 g/mol. The zero-order chi connectivity index (χ0) is 16.9. The van der Waals surface area contributed by atoms with E-state index in [0.717, 1.165) is 9.99 Å². The molecule has 0 aliphatic carbocycles. The molecule has 2 aromatic carbocycles. The van der Waals surface area contributed by atoms with Gasteiger partial charge in [0.25, 0.3) is 5.91 Å². The molecule has 126 valence electrons. The lowest BCUT2D eigenvalue weighted by molar-refractivity contribution is 0.0697. The van der Waals surface area contributed by atoms with Gasteiger partial charge < -0.3 is 14.7 Å². The number of hydrogen-bond donors (Lipinski definition) is 1. The van der Waals surface area contributed by atoms with Crippen LogP contribution in [0.4, 0.5) is 0 Å². The highest BCUT2D eigenvalue weighted by atomic mass is 127. The van der Waals surface area contributed by atoms with Crippen LogP contribution in [0.25, 0.3) is 0 Å². The zero-order valence-corrected chi connectivity index (χ0v) is 15.5. The molecule has 1 aliphatic rings. The van der Waals surface area contributed by atoms with Gasteiger partial charge in [0.1, 0.15) is 11.9 Å². The number of aliphatic hydroxyl groups is 1. The molecular formula is C19H20INO3. The van der Waals surface area contributed by atoms with Gasteiger partial charge in [0.15, 0.2) is 0 Å². The summed E-state index contributed by atoms with van der Waals surface area (Å²) in [6.45, 7) is 1.14. The van der Waals surface area contributed by atoms with Gasteiger partial charge in [-0.25, -0.2) is 0 Å². The number of nitrogens with zero attached hydrogens (tertiary/aromatic N) is 1. The summed E-state index contributed by atoms with van der Waals surface area (Å²) in [6, 6.07) is 15.9. The number of halogens is 1. The van der Waals surface area contributed by atoms with Gasteiger partial charge in [-0.2, -0.15) is 0 Å². The standard InChI is InChI=1S/C19H20INO3/c20-15-7-8-18-17(12-15)19(23)21(9-4-10-22)13-16(24-18)11-14-5-2-1-3-6-14/h1-3,5-8,12,16,22H,4,9-11,13H2. The summed E-state index contributed by atoms with van der Waals surface area (Å²) >= 11 is 2.20. The number of benzene rings is 2. The van der Waals surface area contributed by atoms with Crippen LogP contribution in [0.15, 0.2) is 48.5 Å². The topological polar surface area (TPSA) is 49.8 Å². The van der Waals surface area contributed by atoms with Crippen LogP contribution in [0.5, 0.6) is 5.75 Å². The Morgan fingerprint density at radius 1 is 1.21 bits per heavy atom. The summed E-state index contributed by atoms with van der Waals surface area (Å²) in [5, 5.41) is 9.12. The van der Waals surface area contributed by atoms with E-state index in [1.165, 1.54) is 5.56 Å². The van der Waals surface area contributed by atoms with Crippen molar-refractivity contribution in [1.82, 2.24) is 4.90 Å². The summed E-state index contributed by atoms with van der Waals surface area (Å²) < 4.78 is 7.17. The van der Waals surface area contributed by atoms with Crippen LogP contribution in [0.1, 0.15) is 22.3 Å². The zero-order valence-electron chi connectivity index (χ0n) is 13.3. The minimum Gasteiger partial charge on any atom is -0.487 e. The van der Waals surface area contributed by atoms with Crippen LogP contribution >= 0.6 is 22.6 Å². The number of ether oxygens (including phenoxy) is 1. The summed E-state index contributed by atoms with van der Waals surface area (Å²) in [5.74, 6) is 0.625. The molecule has 0 bridgehead atoms. The molecule has 0 radical (unpaired) electrons. The molecule has 0 fully saturated rings. The molecule has 0 aromatic heterocycles. The monoisotopic (exact) mass is 437 g/mol. The highest BCUT2D eigenvalue weighted by molar-refractivity contribution is 14.1. The van der Waals surface area contributed by atoms with Gasteiger partial charge in [0, 0.05) is 23.1 Å². The quantitative estimate of drug-likeness (QED) is 0.732. The predicted octanol–water partition coefficient (Wildman–Crippen LogP) is 3.12. The molecule has 1 heterocycles. The van der Waals surface area contributed by atoms with E-state index in [1.54, 1.807) is 4.90 Å². The van der Waals surface area contributed by atoms with Gasteiger partial charge >= 0.3 is 0 Å². The molecule has 3 rings (SSSR count). The summed E-state index contributed by atoms with van der Waals surface area (Å²) in [6.07, 6.45) is 1.22. The molecule has 1 aliphatic heterocycles. The van der Waals surface area contributed by atoms with E-state index in [4.69, 9.17) is 9.84 Å². The second-order valence-corrected chi connectivity index (χ2v) is 7.14. The van der Waals surface area contributed by atoms with Crippen molar-refractivity contribution in [2.45, 2.75) is 18.9 Å². The predicted molar refractivity (Wildman–Crippen MR) is 101 cm³/mol. The van der Waals surface area contributed by atoms with Crippen molar-refractivity contribution in [2.24, 2.45) is 0 Å². The van der Waals surface area contributed by atoms with Gasteiger partial charge in [0.05, 0.1) is 12.1 Å². The molecule has 1 N–H and O–H groups in total. The Morgan fingerprint density at radius 3 is 2.75 bits per heavy atom. The SMILES string of the molecule is O=C1c2cc(I)ccc2OC(Cc2ccccc2)CN1CCCO. The fourth-order valence-electron chi connectivity index (χ4n) is 2.93. The Kier molecular flexibility index (Phi) is 5.73. The molecule has 2 aromatic rings. The average molecular weight is 437 g/mol. The van der Waals surface area contributed by atoms with Gasteiger partial charge in [-0.15, -0.1) is 0 Å². The van der Waals surface area contributed by atoms with Crippen LogP contribution in [0.3, 0.4) is 0 Å². The van der Waals surface area contributed by atoms with Crippen molar-refractivity contribution in [2.75, 3.05) is 19.7 Å². The summed E-state index contributed by atoms with van der Waals surface area (Å²) in [7, 11) is 0. The van der Waals surface area contributed by atoms with E-state index < -0.39 is 0 Å². The molecule has 1 atom stereocenters. The first kappa shape index (κ1) is 17.2. The molecule has 0 saturated carbocycles. The Morgan fingerprint density at radius 2 is 2.00 bits per heavy atom. The molecule has 1 amide bonds. The van der Waals surface area contributed by atoms with Crippen LogP contribution in [0, 0.1) is 3.57 Å². The highest BCUT2D eigenvalue weighted by Gasteiger charge is 2.28. The molecule has 0 spiro atoms. The average Bonchev–Trinajstić information content (AvgIpc) is 2.71. The maximum Gasteiger partial charge on any atom is 0.257 e. The number of amides is 1. The third-order valence-corrected chi connectivity index (χ3v) is 4.74. The maximum absolute atomic E-state index is 12.9. The van der Waals surface area contributed by atoms with Crippen molar-refractivity contribution < 1.29 is 14.6 Å². The Labute approximate surface area is 155 Å². The number of rotatable bonds is 5. The Bertz CT molecular complexity index is 705. The number of fused-ring (bicyclic) bond motifs is 1. The Hall–Kier alpha value is -1.60. The molecule has 5 heteroatoms. The summed E-state index contributed by atoms with van der Waals surface area (Å²) in [5.41, 5.74) is 1.79. The number of carbonyl (C=O) groups excluding carboxylic acids is 1. The number of hydrogen-bond acceptors (Lipinski definition) is 3. The van der Waals surface area contributed by atoms with Crippen LogP contribution in [-0.4, -0.2) is 41.7 Å². The minimum absolute atomic E-state index is 0.0208. The lowest BCUT2D eigenvalue weighted by Crippen LogP contribution is -2.38. The lowest BCUT2D eigenvalue weighted by Gasteiger charge is -2.24. The van der Waals surface area contributed by atoms with Gasteiger partial charge in [-0.3, -0.25) is 4.79 Å². The summed E-state index contributed by atoms with van der Waals surface area (Å²) in [4.78, 5) is 14.7. The van der Waals surface area contributed by atoms with Crippen LogP contribution in [-0.2, 0) is 6.42 Å². The van der Waals surface area contributed by atoms with E-state index in [1.807, 2.05) is 36.4 Å². The van der Waals surface area contributed by atoms with Gasteiger partial charge in [-0.05, 0) is 52.8 Å². The molecule has 4 nitrogen and oxygen atoms in total. The fraction of sp³-hybridized carbons (Fsp3) is 0.316. The molecule has 24 heavy (non-hydrogen) atoms. The third kappa shape index (κ3) is 4.08. The second-order valence-electron chi connectivity index (χ2n) is 5.90. The minimum atomic E-state index is -0.101. The number of aliphatic hydroxyl groups excluding tert-OH is 1. The van der Waals surface area contributed by atoms with Crippen molar-refractivity contribution in [3.8, 4) is 5.75 Å². The first-order chi connectivity index (χ1) is 11.7. The molecule has 0 saturated heterocycles. The lowest BCUT2D eigenvalue weighted by atomic mass is 10.1. The van der Waals surface area contributed by atoms with E-state index in [2.05, 4.69) is 34.7 Å². The van der Waals surface area contributed by atoms with E-state index >= 15 is 0 Å². The first-order valence-electron chi connectivity index (χ1n) is 8.07. The fourth-order valence-corrected chi connectivity index (χ4v) is 3.42. The first-order valence-corrected chi connectivity index (χ1v) is 9.15. The maximum atomic E-state index is 12.9. The second kappa shape index (κ2) is 7.98. The van der Waals surface area contributed by atoms with Gasteiger partial charge in [0.2, 0.25) is 0 Å².